The number of ether oxygens (including phenoxy) is 1. The summed E-state index contributed by atoms with van der Waals surface area (Å²) < 4.78 is 5.69. The molecule has 4 heteroatoms. The molecule has 1 saturated carbocycles. The van der Waals surface area contributed by atoms with Crippen LogP contribution in [0.5, 0.6) is 0 Å². The van der Waals surface area contributed by atoms with E-state index in [1.807, 2.05) is 0 Å². The maximum absolute atomic E-state index is 5.69. The minimum atomic E-state index is 0.558. The molecule has 0 radical (unpaired) electrons. The Kier molecular flexibility index (Phi) is 5.36. The van der Waals surface area contributed by atoms with Crippen LogP contribution in [0.15, 0.2) is 30.3 Å². The fourth-order valence-electron chi connectivity index (χ4n) is 4.78. The van der Waals surface area contributed by atoms with Gasteiger partial charge in [0.25, 0.3) is 0 Å². The van der Waals surface area contributed by atoms with Crippen molar-refractivity contribution in [2.75, 3.05) is 44.3 Å². The minimum absolute atomic E-state index is 0.558. The summed E-state index contributed by atoms with van der Waals surface area (Å²) in [5.74, 6) is 1.53. The lowest BCUT2D eigenvalue weighted by atomic mass is 9.93. The molecule has 0 bridgehead atoms. The molecule has 4 rings (SSSR count). The van der Waals surface area contributed by atoms with Gasteiger partial charge in [-0.3, -0.25) is 0 Å². The van der Waals surface area contributed by atoms with E-state index in [4.69, 9.17) is 4.74 Å². The van der Waals surface area contributed by atoms with Crippen LogP contribution in [-0.2, 0) is 4.74 Å². The third kappa shape index (κ3) is 3.76. The van der Waals surface area contributed by atoms with Gasteiger partial charge in [0.2, 0.25) is 0 Å². The largest absolute Gasteiger partial charge is 0.379 e. The normalized spacial score (nSPS) is 33.9. The van der Waals surface area contributed by atoms with Crippen molar-refractivity contribution in [3.05, 3.63) is 30.3 Å². The lowest BCUT2D eigenvalue weighted by Gasteiger charge is -2.33. The van der Waals surface area contributed by atoms with E-state index >= 15 is 0 Å². The number of anilines is 1. The highest BCUT2D eigenvalue weighted by Gasteiger charge is 2.35. The van der Waals surface area contributed by atoms with Crippen LogP contribution in [0.1, 0.15) is 25.7 Å². The number of benzene rings is 1. The van der Waals surface area contributed by atoms with Gasteiger partial charge in [-0.2, -0.15) is 0 Å². The van der Waals surface area contributed by atoms with Crippen LogP contribution >= 0.6 is 0 Å². The molecule has 3 aliphatic rings. The summed E-state index contributed by atoms with van der Waals surface area (Å²) in [6.45, 7) is 6.34. The van der Waals surface area contributed by atoms with E-state index in [0.717, 1.165) is 38.1 Å². The molecule has 0 amide bonds. The van der Waals surface area contributed by atoms with Gasteiger partial charge in [0.15, 0.2) is 0 Å². The third-order valence-corrected chi connectivity index (χ3v) is 6.11. The van der Waals surface area contributed by atoms with Crippen molar-refractivity contribution in [3.63, 3.8) is 0 Å². The molecule has 3 fully saturated rings. The zero-order valence-corrected chi connectivity index (χ0v) is 14.6. The lowest BCUT2D eigenvalue weighted by Crippen LogP contribution is -2.51. The maximum Gasteiger partial charge on any atom is 0.0623 e. The van der Waals surface area contributed by atoms with Gasteiger partial charge in [-0.05, 0) is 49.8 Å². The van der Waals surface area contributed by atoms with Crippen molar-refractivity contribution in [2.45, 2.75) is 37.8 Å². The summed E-state index contributed by atoms with van der Waals surface area (Å²) >= 11 is 0. The Bertz CT molecular complexity index is 503. The van der Waals surface area contributed by atoms with Crippen LogP contribution in [0.3, 0.4) is 0 Å². The Morgan fingerprint density at radius 3 is 2.92 bits per heavy atom. The Labute approximate surface area is 145 Å². The van der Waals surface area contributed by atoms with Crippen molar-refractivity contribution in [3.8, 4) is 0 Å². The predicted octanol–water partition coefficient (Wildman–Crippen LogP) is 2.26. The van der Waals surface area contributed by atoms with E-state index in [0.29, 0.717) is 12.1 Å². The standard InChI is InChI=1S/C20H31N3O/c1-2-5-17(6-3-1)23-11-9-16(14-23)13-22-19-8-4-7-18(19)20-15-24-12-10-21-20/h1-3,5-6,16,18-22H,4,7-15H2. The number of morpholine rings is 1. The van der Waals surface area contributed by atoms with Crippen molar-refractivity contribution in [2.24, 2.45) is 11.8 Å². The molecular formula is C20H31N3O. The molecule has 2 aliphatic heterocycles. The minimum Gasteiger partial charge on any atom is -0.379 e. The third-order valence-electron chi connectivity index (χ3n) is 6.11. The average Bonchev–Trinajstić information content (AvgIpc) is 3.31. The van der Waals surface area contributed by atoms with Gasteiger partial charge >= 0.3 is 0 Å². The van der Waals surface area contributed by atoms with Crippen LogP contribution in [0.2, 0.25) is 0 Å². The first-order chi connectivity index (χ1) is 11.9. The summed E-state index contributed by atoms with van der Waals surface area (Å²) in [4.78, 5) is 2.54. The van der Waals surface area contributed by atoms with E-state index in [2.05, 4.69) is 45.9 Å². The van der Waals surface area contributed by atoms with Gasteiger partial charge in [-0.1, -0.05) is 24.6 Å². The predicted molar refractivity (Wildman–Crippen MR) is 98.5 cm³/mol. The van der Waals surface area contributed by atoms with E-state index in [1.165, 1.54) is 44.5 Å². The van der Waals surface area contributed by atoms with Crippen LogP contribution in [0.4, 0.5) is 5.69 Å². The fourth-order valence-corrected chi connectivity index (χ4v) is 4.78. The van der Waals surface area contributed by atoms with Gasteiger partial charge in [-0.25, -0.2) is 0 Å². The highest BCUT2D eigenvalue weighted by molar-refractivity contribution is 5.46. The zero-order valence-electron chi connectivity index (χ0n) is 14.6. The summed E-state index contributed by atoms with van der Waals surface area (Å²) in [6.07, 6.45) is 5.35. The molecule has 4 atom stereocenters. The summed E-state index contributed by atoms with van der Waals surface area (Å²) in [6, 6.07) is 12.1. The molecule has 132 valence electrons. The average molecular weight is 329 g/mol. The van der Waals surface area contributed by atoms with Gasteiger partial charge in [0.05, 0.1) is 13.2 Å². The Morgan fingerprint density at radius 1 is 1.17 bits per heavy atom. The maximum atomic E-state index is 5.69. The number of nitrogens with one attached hydrogen (secondary N) is 2. The monoisotopic (exact) mass is 329 g/mol. The lowest BCUT2D eigenvalue weighted by molar-refractivity contribution is 0.0523. The van der Waals surface area contributed by atoms with E-state index < -0.39 is 0 Å². The van der Waals surface area contributed by atoms with Crippen molar-refractivity contribution < 1.29 is 4.74 Å². The first kappa shape index (κ1) is 16.4. The molecule has 2 saturated heterocycles. The smallest absolute Gasteiger partial charge is 0.0623 e. The van der Waals surface area contributed by atoms with Gasteiger partial charge in [0.1, 0.15) is 0 Å². The first-order valence-corrected chi connectivity index (χ1v) is 9.74. The molecule has 2 heterocycles. The Morgan fingerprint density at radius 2 is 2.08 bits per heavy atom. The second-order valence-corrected chi connectivity index (χ2v) is 7.68. The molecule has 0 aromatic heterocycles. The second kappa shape index (κ2) is 7.85. The Balaban J connectivity index is 1.26. The molecule has 2 N–H and O–H groups in total. The topological polar surface area (TPSA) is 36.5 Å². The van der Waals surface area contributed by atoms with Crippen molar-refractivity contribution >= 4 is 5.69 Å². The van der Waals surface area contributed by atoms with Gasteiger partial charge < -0.3 is 20.3 Å². The molecule has 1 aliphatic carbocycles. The number of rotatable bonds is 5. The highest BCUT2D eigenvalue weighted by Crippen LogP contribution is 2.30. The SMILES string of the molecule is c1ccc(N2CCC(CNC3CCCC3C3COCCN3)C2)cc1. The van der Waals surface area contributed by atoms with Crippen LogP contribution in [0.25, 0.3) is 0 Å². The van der Waals surface area contributed by atoms with E-state index in [1.54, 1.807) is 0 Å². The zero-order chi connectivity index (χ0) is 16.2. The quantitative estimate of drug-likeness (QED) is 0.869. The molecule has 4 unspecified atom stereocenters. The fraction of sp³-hybridized carbons (Fsp3) is 0.700. The van der Waals surface area contributed by atoms with Crippen LogP contribution in [0, 0.1) is 11.8 Å². The molecule has 1 aromatic rings. The molecule has 1 aromatic carbocycles. The molecule has 0 spiro atoms. The number of hydrogen-bond donors (Lipinski definition) is 2. The van der Waals surface area contributed by atoms with Crippen molar-refractivity contribution in [1.29, 1.82) is 0 Å². The summed E-state index contributed by atoms with van der Waals surface area (Å²) in [5, 5.41) is 7.60. The molecular weight excluding hydrogens is 298 g/mol. The number of nitrogens with zero attached hydrogens (tertiary/aromatic N) is 1. The van der Waals surface area contributed by atoms with E-state index in [-0.39, 0.29) is 0 Å². The Hall–Kier alpha value is -1.10. The number of hydrogen-bond acceptors (Lipinski definition) is 4. The second-order valence-electron chi connectivity index (χ2n) is 7.68. The summed E-state index contributed by atoms with van der Waals surface area (Å²) in [5.41, 5.74) is 1.38. The van der Waals surface area contributed by atoms with Crippen LogP contribution < -0.4 is 15.5 Å². The highest BCUT2D eigenvalue weighted by atomic mass is 16.5. The number of para-hydroxylation sites is 1. The molecule has 24 heavy (non-hydrogen) atoms. The molecule has 4 nitrogen and oxygen atoms in total. The van der Waals surface area contributed by atoms with Gasteiger partial charge in [0, 0.05) is 37.4 Å². The van der Waals surface area contributed by atoms with Crippen LogP contribution in [-0.4, -0.2) is 51.5 Å². The summed E-state index contributed by atoms with van der Waals surface area (Å²) in [7, 11) is 0. The van der Waals surface area contributed by atoms with E-state index in [9.17, 15) is 0 Å². The van der Waals surface area contributed by atoms with Gasteiger partial charge in [-0.15, -0.1) is 0 Å². The van der Waals surface area contributed by atoms with Crippen molar-refractivity contribution in [1.82, 2.24) is 10.6 Å². The first-order valence-electron chi connectivity index (χ1n) is 9.74.